The molecule has 4 aliphatic carbocycles. The Balaban J connectivity index is 1.60. The van der Waals surface area contributed by atoms with Crippen LogP contribution in [-0.2, 0) is 9.59 Å². The van der Waals surface area contributed by atoms with Gasteiger partial charge in [-0.05, 0) is 88.3 Å². The van der Waals surface area contributed by atoms with Crippen LogP contribution in [0.15, 0.2) is 0 Å². The Morgan fingerprint density at radius 1 is 0.889 bits per heavy atom. The van der Waals surface area contributed by atoms with Crippen LogP contribution in [0, 0.1) is 29.1 Å². The number of amides is 2. The smallest absolute Gasteiger partial charge is 0.261 e. The summed E-state index contributed by atoms with van der Waals surface area (Å²) < 4.78 is 0. The molecule has 4 saturated carbocycles. The molecule has 4 fully saturated rings. The van der Waals surface area contributed by atoms with E-state index in [1.807, 2.05) is 27.7 Å². The highest BCUT2D eigenvalue weighted by Gasteiger charge is 2.55. The Bertz CT molecular complexity index is 570. The number of thiocarbonyl (C=S) groups is 1. The van der Waals surface area contributed by atoms with Crippen molar-refractivity contribution in [1.29, 1.82) is 0 Å². The monoisotopic (exact) mass is 394 g/mol. The maximum Gasteiger partial charge on any atom is 0.261 e. The molecule has 1 unspecified atom stereocenters. The van der Waals surface area contributed by atoms with Crippen molar-refractivity contribution < 1.29 is 9.59 Å². The average Bonchev–Trinajstić information content (AvgIpc) is 2.55. The van der Waals surface area contributed by atoms with Gasteiger partial charge in [0.25, 0.3) is 5.91 Å². The van der Waals surface area contributed by atoms with Crippen LogP contribution >= 0.6 is 12.2 Å². The molecule has 4 rings (SSSR count). The summed E-state index contributed by atoms with van der Waals surface area (Å²) >= 11 is 5.14. The minimum Gasteiger partial charge on any atom is -0.359 e. The van der Waals surface area contributed by atoms with Gasteiger partial charge >= 0.3 is 0 Å². The van der Waals surface area contributed by atoms with Crippen LogP contribution < -0.4 is 21.5 Å². The zero-order chi connectivity index (χ0) is 19.8. The third-order valence-corrected chi connectivity index (χ3v) is 6.69. The topological polar surface area (TPSA) is 82.3 Å². The van der Waals surface area contributed by atoms with Crippen molar-refractivity contribution >= 4 is 29.1 Å². The first-order valence-corrected chi connectivity index (χ1v) is 10.8. The zero-order valence-electron chi connectivity index (χ0n) is 16.9. The molecule has 4 bridgehead atoms. The van der Waals surface area contributed by atoms with Gasteiger partial charge in [-0.2, -0.15) is 0 Å². The lowest BCUT2D eigenvalue weighted by Gasteiger charge is -2.55. The second-order valence-corrected chi connectivity index (χ2v) is 10.0. The van der Waals surface area contributed by atoms with Crippen molar-refractivity contribution in [3.05, 3.63) is 0 Å². The first-order chi connectivity index (χ1) is 12.7. The highest BCUT2D eigenvalue weighted by Crippen LogP contribution is 2.60. The molecule has 0 heterocycles. The number of carbonyl (C=O) groups excluding carboxylic acids is 2. The van der Waals surface area contributed by atoms with Gasteiger partial charge in [0.2, 0.25) is 5.91 Å². The normalized spacial score (nSPS) is 32.3. The van der Waals surface area contributed by atoms with E-state index in [0.29, 0.717) is 22.9 Å². The summed E-state index contributed by atoms with van der Waals surface area (Å²) in [6.07, 6.45) is 6.88. The fourth-order valence-electron chi connectivity index (χ4n) is 5.71. The number of hydrogen-bond acceptors (Lipinski definition) is 3. The molecule has 4 aliphatic rings. The van der Waals surface area contributed by atoms with Gasteiger partial charge in [-0.15, -0.1) is 0 Å². The molecule has 1 atom stereocenters. The second-order valence-electron chi connectivity index (χ2n) is 9.64. The Morgan fingerprint density at radius 3 is 1.85 bits per heavy atom. The van der Waals surface area contributed by atoms with Crippen molar-refractivity contribution in [3.8, 4) is 0 Å². The molecule has 0 radical (unpaired) electrons. The highest BCUT2D eigenvalue weighted by molar-refractivity contribution is 7.80. The SMILES string of the molecule is CC(C)NC(=S)NNC(=O)C(NC(=O)C12CC3CC(CC(C3)C1)C2)C(C)C. The van der Waals surface area contributed by atoms with Gasteiger partial charge in [0.15, 0.2) is 5.11 Å². The maximum absolute atomic E-state index is 13.2. The van der Waals surface area contributed by atoms with Crippen LogP contribution in [0.2, 0.25) is 0 Å². The molecule has 6 nitrogen and oxygen atoms in total. The van der Waals surface area contributed by atoms with Crippen molar-refractivity contribution in [3.63, 3.8) is 0 Å². The van der Waals surface area contributed by atoms with Crippen LogP contribution in [0.25, 0.3) is 0 Å². The predicted octanol–water partition coefficient (Wildman–Crippen LogP) is 2.25. The van der Waals surface area contributed by atoms with E-state index >= 15 is 0 Å². The largest absolute Gasteiger partial charge is 0.359 e. The molecule has 0 aromatic carbocycles. The number of nitrogens with one attached hydrogen (secondary N) is 4. The zero-order valence-corrected chi connectivity index (χ0v) is 17.7. The standard InChI is InChI=1S/C20H34N4O2S/c1-11(2)16(17(25)23-24-19(27)21-12(3)4)22-18(26)20-8-13-5-14(9-20)7-15(6-13)10-20/h11-16H,5-10H2,1-4H3,(H,22,26)(H,23,25)(H2,21,24,27). The van der Waals surface area contributed by atoms with E-state index in [1.54, 1.807) is 0 Å². The third-order valence-electron chi connectivity index (χ3n) is 6.47. The van der Waals surface area contributed by atoms with Crippen LogP contribution in [0.4, 0.5) is 0 Å². The fraction of sp³-hybridized carbons (Fsp3) is 0.850. The van der Waals surface area contributed by atoms with Crippen molar-refractivity contribution in [1.82, 2.24) is 21.5 Å². The summed E-state index contributed by atoms with van der Waals surface area (Å²) in [5.41, 5.74) is 5.12. The minimum absolute atomic E-state index is 0.00343. The van der Waals surface area contributed by atoms with Crippen LogP contribution in [0.5, 0.6) is 0 Å². The Kier molecular flexibility index (Phi) is 5.99. The Morgan fingerprint density at radius 2 is 1.41 bits per heavy atom. The van der Waals surface area contributed by atoms with E-state index in [1.165, 1.54) is 19.3 Å². The summed E-state index contributed by atoms with van der Waals surface area (Å²) in [4.78, 5) is 25.9. The molecule has 7 heteroatoms. The molecule has 0 spiro atoms. The van der Waals surface area contributed by atoms with Crippen molar-refractivity contribution in [2.24, 2.45) is 29.1 Å². The molecule has 0 saturated heterocycles. The minimum atomic E-state index is -0.570. The quantitative estimate of drug-likeness (QED) is 0.425. The number of hydrogen-bond donors (Lipinski definition) is 4. The van der Waals surface area contributed by atoms with E-state index in [0.717, 1.165) is 19.3 Å². The summed E-state index contributed by atoms with van der Waals surface area (Å²) in [6.45, 7) is 7.85. The van der Waals surface area contributed by atoms with Crippen LogP contribution in [0.1, 0.15) is 66.2 Å². The average molecular weight is 395 g/mol. The molecule has 27 heavy (non-hydrogen) atoms. The van der Waals surface area contributed by atoms with E-state index in [-0.39, 0.29) is 29.2 Å². The summed E-state index contributed by atoms with van der Waals surface area (Å²) in [7, 11) is 0. The second kappa shape index (κ2) is 7.94. The van der Waals surface area contributed by atoms with Gasteiger partial charge in [-0.3, -0.25) is 20.4 Å². The lowest BCUT2D eigenvalue weighted by Crippen LogP contribution is -2.60. The Hall–Kier alpha value is -1.37. The van der Waals surface area contributed by atoms with Gasteiger partial charge in [-0.25, -0.2) is 0 Å². The van der Waals surface area contributed by atoms with E-state index in [4.69, 9.17) is 12.2 Å². The first kappa shape index (κ1) is 20.4. The van der Waals surface area contributed by atoms with Gasteiger partial charge in [-0.1, -0.05) is 13.8 Å². The number of hydrazine groups is 1. The molecule has 0 aromatic rings. The van der Waals surface area contributed by atoms with Crippen molar-refractivity contribution in [2.45, 2.75) is 78.3 Å². The first-order valence-electron chi connectivity index (χ1n) is 10.4. The van der Waals surface area contributed by atoms with Crippen molar-refractivity contribution in [2.75, 3.05) is 0 Å². The van der Waals surface area contributed by atoms with E-state index in [9.17, 15) is 9.59 Å². The summed E-state index contributed by atoms with van der Waals surface area (Å²) in [5.74, 6) is 1.93. The number of rotatable bonds is 5. The summed E-state index contributed by atoms with van der Waals surface area (Å²) in [6, 6.07) is -0.390. The lowest BCUT2D eigenvalue weighted by molar-refractivity contribution is -0.149. The number of carbonyl (C=O) groups is 2. The maximum atomic E-state index is 13.2. The molecule has 152 valence electrons. The van der Waals surface area contributed by atoms with Gasteiger partial charge in [0, 0.05) is 11.5 Å². The molecular formula is C20H34N4O2S. The molecule has 0 aromatic heterocycles. The molecule has 2 amide bonds. The fourth-order valence-corrected chi connectivity index (χ4v) is 6.00. The van der Waals surface area contributed by atoms with Gasteiger partial charge in [0.1, 0.15) is 6.04 Å². The third kappa shape index (κ3) is 4.55. The van der Waals surface area contributed by atoms with E-state index in [2.05, 4.69) is 21.5 Å². The van der Waals surface area contributed by atoms with Gasteiger partial charge < -0.3 is 10.6 Å². The molecular weight excluding hydrogens is 360 g/mol. The highest BCUT2D eigenvalue weighted by atomic mass is 32.1. The van der Waals surface area contributed by atoms with Crippen LogP contribution in [0.3, 0.4) is 0 Å². The molecule has 0 aliphatic heterocycles. The molecule has 4 N–H and O–H groups in total. The van der Waals surface area contributed by atoms with E-state index < -0.39 is 6.04 Å². The van der Waals surface area contributed by atoms with Crippen LogP contribution in [-0.4, -0.2) is 29.0 Å². The summed E-state index contributed by atoms with van der Waals surface area (Å²) in [5, 5.41) is 6.47. The lowest BCUT2D eigenvalue weighted by atomic mass is 9.49. The van der Waals surface area contributed by atoms with Gasteiger partial charge in [0.05, 0.1) is 0 Å². The Labute approximate surface area is 168 Å². The predicted molar refractivity (Wildman–Crippen MR) is 110 cm³/mol.